The van der Waals surface area contributed by atoms with E-state index in [1.807, 2.05) is 12.3 Å². The SMILES string of the molecule is N#Cc1c(N)sc2c1C1(CC2)CN(c2nc(OC[C@@]34CCCN3C[C@H](F)C4)nc(N3CCSc4ncccc4C3)n2)C1. The number of aromatic nitrogens is 4. The number of hydrogen-bond acceptors (Lipinski definition) is 12. The summed E-state index contributed by atoms with van der Waals surface area (Å²) in [5.74, 6) is 2.02. The van der Waals surface area contributed by atoms with Gasteiger partial charge in [0.15, 0.2) is 0 Å². The minimum Gasteiger partial charge on any atom is -0.461 e. The van der Waals surface area contributed by atoms with E-state index in [2.05, 4.69) is 31.8 Å². The maximum Gasteiger partial charge on any atom is 0.323 e. The lowest BCUT2D eigenvalue weighted by Crippen LogP contribution is -2.59. The Hall–Kier alpha value is -3.21. The molecular weight excluding hydrogens is 574 g/mol. The normalized spacial score (nSPS) is 26.0. The number of alkyl halides is 1. The molecule has 2 N–H and O–H groups in total. The third-order valence-corrected chi connectivity index (χ3v) is 11.8. The minimum atomic E-state index is -0.820. The number of nitrogens with zero attached hydrogens (tertiary/aromatic N) is 8. The number of thiophene rings is 1. The summed E-state index contributed by atoms with van der Waals surface area (Å²) in [5, 5.41) is 11.5. The Bertz CT molecular complexity index is 1590. The van der Waals surface area contributed by atoms with Crippen LogP contribution in [0, 0.1) is 11.3 Å². The summed E-state index contributed by atoms with van der Waals surface area (Å²) in [6, 6.07) is 6.70. The van der Waals surface area contributed by atoms with Crippen molar-refractivity contribution in [1.82, 2.24) is 24.8 Å². The number of anilines is 3. The van der Waals surface area contributed by atoms with Crippen LogP contribution in [0.1, 0.15) is 47.3 Å². The van der Waals surface area contributed by atoms with Gasteiger partial charge in [0.1, 0.15) is 28.9 Å². The summed E-state index contributed by atoms with van der Waals surface area (Å²) in [6.07, 6.45) is 5.43. The molecule has 1 aliphatic carbocycles. The molecule has 3 saturated heterocycles. The Balaban J connectivity index is 1.10. The van der Waals surface area contributed by atoms with Gasteiger partial charge in [-0.15, -0.1) is 23.1 Å². The van der Waals surface area contributed by atoms with Gasteiger partial charge in [0, 0.05) is 66.9 Å². The number of hydrogen-bond donors (Lipinski definition) is 1. The number of ether oxygens (including phenoxy) is 1. The smallest absolute Gasteiger partial charge is 0.323 e. The molecule has 0 amide bonds. The fraction of sp³-hybridized carbons (Fsp3) is 0.552. The van der Waals surface area contributed by atoms with Crippen molar-refractivity contribution in [3.8, 4) is 12.1 Å². The van der Waals surface area contributed by atoms with Crippen LogP contribution in [0.5, 0.6) is 6.01 Å². The molecule has 4 aliphatic heterocycles. The van der Waals surface area contributed by atoms with Crippen molar-refractivity contribution in [3.05, 3.63) is 39.9 Å². The molecule has 218 valence electrons. The van der Waals surface area contributed by atoms with Gasteiger partial charge >= 0.3 is 6.01 Å². The number of nitrogens with two attached hydrogens (primary N) is 1. The molecule has 7 heterocycles. The van der Waals surface area contributed by atoms with E-state index in [1.54, 1.807) is 23.1 Å². The molecule has 0 aromatic carbocycles. The molecule has 0 saturated carbocycles. The third-order valence-electron chi connectivity index (χ3n) is 9.67. The van der Waals surface area contributed by atoms with E-state index >= 15 is 0 Å². The lowest BCUT2D eigenvalue weighted by Gasteiger charge is -2.48. The largest absolute Gasteiger partial charge is 0.461 e. The van der Waals surface area contributed by atoms with Gasteiger partial charge in [0.25, 0.3) is 0 Å². The first-order valence-electron chi connectivity index (χ1n) is 14.6. The number of pyridine rings is 1. The van der Waals surface area contributed by atoms with Gasteiger partial charge in [0.05, 0.1) is 11.1 Å². The maximum atomic E-state index is 14.4. The Morgan fingerprint density at radius 1 is 1.17 bits per heavy atom. The molecule has 8 rings (SSSR count). The second kappa shape index (κ2) is 9.92. The standard InChI is InChI=1S/C29H32FN9OS2/c30-19-11-29(5-2-8-39(29)14-19)17-40-27-35-25(37-9-10-41-24-18(13-37)3-1-7-33-24)34-26(36-27)38-15-28(16-38)6-4-21-22(28)20(12-31)23(32)42-21/h1,3,7,19H,2,4-6,8-11,13-17,32H2/t19-,29+/m1/s1. The number of halogens is 1. The summed E-state index contributed by atoms with van der Waals surface area (Å²) < 4.78 is 20.8. The topological polar surface area (TPSA) is 120 Å². The first-order valence-corrected chi connectivity index (χ1v) is 16.4. The highest BCUT2D eigenvalue weighted by molar-refractivity contribution is 7.99. The minimum absolute atomic E-state index is 0.102. The molecule has 42 heavy (non-hydrogen) atoms. The van der Waals surface area contributed by atoms with Crippen LogP contribution in [0.25, 0.3) is 0 Å². The second-order valence-electron chi connectivity index (χ2n) is 12.2. The summed E-state index contributed by atoms with van der Waals surface area (Å²) in [7, 11) is 0. The monoisotopic (exact) mass is 605 g/mol. The van der Waals surface area contributed by atoms with Gasteiger partial charge < -0.3 is 20.3 Å². The predicted molar refractivity (Wildman–Crippen MR) is 160 cm³/mol. The van der Waals surface area contributed by atoms with Gasteiger partial charge in [-0.2, -0.15) is 20.2 Å². The Kier molecular flexibility index (Phi) is 6.24. The van der Waals surface area contributed by atoms with Crippen molar-refractivity contribution in [2.45, 2.75) is 60.8 Å². The molecule has 13 heteroatoms. The molecule has 5 aliphatic rings. The third kappa shape index (κ3) is 4.21. The molecule has 0 bridgehead atoms. The van der Waals surface area contributed by atoms with Crippen LogP contribution in [-0.4, -0.2) is 81.6 Å². The van der Waals surface area contributed by atoms with Gasteiger partial charge in [0.2, 0.25) is 11.9 Å². The van der Waals surface area contributed by atoms with E-state index in [0.717, 1.165) is 73.8 Å². The van der Waals surface area contributed by atoms with Crippen LogP contribution in [0.4, 0.5) is 21.3 Å². The number of nitriles is 1. The van der Waals surface area contributed by atoms with Crippen LogP contribution in [0.15, 0.2) is 23.4 Å². The van der Waals surface area contributed by atoms with Crippen molar-refractivity contribution >= 4 is 40.0 Å². The summed E-state index contributed by atoms with van der Waals surface area (Å²) in [6.45, 7) is 4.60. The lowest BCUT2D eigenvalue weighted by molar-refractivity contribution is 0.107. The summed E-state index contributed by atoms with van der Waals surface area (Å²) >= 11 is 3.30. The van der Waals surface area contributed by atoms with Gasteiger partial charge in [-0.25, -0.2) is 9.37 Å². The quantitative estimate of drug-likeness (QED) is 0.460. The zero-order valence-corrected chi connectivity index (χ0v) is 24.9. The highest BCUT2D eigenvalue weighted by Gasteiger charge is 2.52. The molecule has 1 spiro atoms. The first kappa shape index (κ1) is 26.4. The fourth-order valence-electron chi connectivity index (χ4n) is 7.68. The Morgan fingerprint density at radius 2 is 2.02 bits per heavy atom. The van der Waals surface area contributed by atoms with Crippen molar-refractivity contribution in [3.63, 3.8) is 0 Å². The molecule has 10 nitrogen and oxygen atoms in total. The fourth-order valence-corrected chi connectivity index (χ4v) is 9.78. The molecule has 3 aromatic rings. The van der Waals surface area contributed by atoms with E-state index in [1.165, 1.54) is 4.88 Å². The van der Waals surface area contributed by atoms with Gasteiger partial charge in [-0.05, 0) is 43.9 Å². The van der Waals surface area contributed by atoms with Crippen LogP contribution >= 0.6 is 23.1 Å². The van der Waals surface area contributed by atoms with Crippen LogP contribution in [0.3, 0.4) is 0 Å². The number of fused-ring (bicyclic) bond motifs is 4. The number of rotatable bonds is 5. The molecule has 3 aromatic heterocycles. The van der Waals surface area contributed by atoms with Crippen molar-refractivity contribution < 1.29 is 9.13 Å². The Labute approximate surface area is 252 Å². The molecule has 0 unspecified atom stereocenters. The van der Waals surface area contributed by atoms with Gasteiger partial charge in [-0.3, -0.25) is 4.90 Å². The second-order valence-corrected chi connectivity index (χ2v) is 14.4. The van der Waals surface area contributed by atoms with Gasteiger partial charge in [-0.1, -0.05) is 6.07 Å². The van der Waals surface area contributed by atoms with E-state index in [4.69, 9.17) is 25.4 Å². The molecular formula is C29H32FN9OS2. The molecule has 2 atom stereocenters. The first-order chi connectivity index (χ1) is 20.5. The van der Waals surface area contributed by atoms with Crippen LogP contribution < -0.4 is 20.3 Å². The lowest BCUT2D eigenvalue weighted by atomic mass is 9.74. The average Bonchev–Trinajstić information content (AvgIpc) is 3.64. The highest BCUT2D eigenvalue weighted by Crippen LogP contribution is 2.52. The number of thioether (sulfide) groups is 1. The van der Waals surface area contributed by atoms with Crippen molar-refractivity contribution in [2.75, 3.05) is 60.6 Å². The zero-order chi connectivity index (χ0) is 28.5. The summed E-state index contributed by atoms with van der Waals surface area (Å²) in [4.78, 5) is 27.0. The Morgan fingerprint density at radius 3 is 2.88 bits per heavy atom. The molecule has 0 radical (unpaired) electrons. The number of aryl methyl sites for hydroxylation is 1. The van der Waals surface area contributed by atoms with E-state index in [0.29, 0.717) is 48.6 Å². The maximum absolute atomic E-state index is 14.4. The van der Waals surface area contributed by atoms with Crippen LogP contribution in [0.2, 0.25) is 0 Å². The number of nitrogen functional groups attached to an aromatic ring is 1. The van der Waals surface area contributed by atoms with Crippen molar-refractivity contribution in [1.29, 1.82) is 5.26 Å². The van der Waals surface area contributed by atoms with E-state index < -0.39 is 6.17 Å². The molecule has 3 fully saturated rings. The van der Waals surface area contributed by atoms with Crippen LogP contribution in [-0.2, 0) is 18.4 Å². The van der Waals surface area contributed by atoms with E-state index in [-0.39, 0.29) is 17.0 Å². The zero-order valence-electron chi connectivity index (χ0n) is 23.3. The average molecular weight is 606 g/mol. The van der Waals surface area contributed by atoms with E-state index in [9.17, 15) is 9.65 Å². The summed E-state index contributed by atoms with van der Waals surface area (Å²) in [5.41, 5.74) is 8.73. The van der Waals surface area contributed by atoms with Crippen molar-refractivity contribution in [2.24, 2.45) is 0 Å². The highest BCUT2D eigenvalue weighted by atomic mass is 32.2. The predicted octanol–water partition coefficient (Wildman–Crippen LogP) is 3.55.